The summed E-state index contributed by atoms with van der Waals surface area (Å²) < 4.78 is 7.71. The summed E-state index contributed by atoms with van der Waals surface area (Å²) in [5, 5.41) is 22.8. The highest BCUT2D eigenvalue weighted by Crippen LogP contribution is 2.40. The number of aryl methyl sites for hydroxylation is 2. The normalized spacial score (nSPS) is 16.2. The quantitative estimate of drug-likeness (QED) is 0.0943. The number of carbonyl (C=O) groups is 2. The van der Waals surface area contributed by atoms with Crippen molar-refractivity contribution in [2.24, 2.45) is 0 Å². The number of hydrogen-bond acceptors (Lipinski definition) is 7. The zero-order valence-corrected chi connectivity index (χ0v) is 22.3. The second kappa shape index (κ2) is 11.9. The topological polar surface area (TPSA) is 128 Å². The zero-order valence-electron chi connectivity index (χ0n) is 22.3. The summed E-state index contributed by atoms with van der Waals surface area (Å²) in [6, 6.07) is 19.3. The standard InChI is InChI=1S/C31H28N4O6/c1-21-5-2-6-22(17-21)19-41-26-11-9-23(10-12-26)29(36)27-28(24-7-3-8-25(18-24)35(39)40)34(31(38)30(27)37)15-4-14-33-16-13-32-20-33/h2-3,5-13,16-18,20,28,36H,4,14-15,19H2,1H3/t28-/m0/s1. The van der Waals surface area contributed by atoms with Gasteiger partial charge in [-0.05, 0) is 48.7 Å². The number of nitro groups is 1. The van der Waals surface area contributed by atoms with Gasteiger partial charge in [0.1, 0.15) is 18.1 Å². The van der Waals surface area contributed by atoms with Gasteiger partial charge in [-0.1, -0.05) is 42.0 Å². The van der Waals surface area contributed by atoms with Gasteiger partial charge < -0.3 is 19.3 Å². The van der Waals surface area contributed by atoms with Crippen LogP contribution in [0.1, 0.15) is 34.7 Å². The molecule has 1 aromatic heterocycles. The number of non-ortho nitro benzene ring substituents is 1. The lowest BCUT2D eigenvalue weighted by atomic mass is 9.95. The Morgan fingerprint density at radius 1 is 1.05 bits per heavy atom. The summed E-state index contributed by atoms with van der Waals surface area (Å²) in [6.45, 7) is 3.11. The highest BCUT2D eigenvalue weighted by molar-refractivity contribution is 6.46. The predicted molar refractivity (Wildman–Crippen MR) is 151 cm³/mol. The fraction of sp³-hybridized carbons (Fsp3) is 0.194. The summed E-state index contributed by atoms with van der Waals surface area (Å²) in [6.07, 6.45) is 5.59. The number of carbonyl (C=O) groups excluding carboxylic acids is 2. The number of aromatic nitrogens is 2. The molecule has 0 radical (unpaired) electrons. The molecule has 1 atom stereocenters. The fourth-order valence-corrected chi connectivity index (χ4v) is 4.94. The first-order chi connectivity index (χ1) is 19.8. The van der Waals surface area contributed by atoms with Crippen LogP contribution in [0.4, 0.5) is 5.69 Å². The van der Waals surface area contributed by atoms with E-state index in [9.17, 15) is 24.8 Å². The molecule has 41 heavy (non-hydrogen) atoms. The second-order valence-corrected chi connectivity index (χ2v) is 9.80. The molecule has 1 fully saturated rings. The number of rotatable bonds is 10. The van der Waals surface area contributed by atoms with Crippen LogP contribution in [0.2, 0.25) is 0 Å². The Morgan fingerprint density at radius 3 is 2.54 bits per heavy atom. The molecule has 0 bridgehead atoms. The number of aliphatic hydroxyl groups excluding tert-OH is 1. The number of nitro benzene ring substituents is 1. The molecule has 1 aliphatic rings. The highest BCUT2D eigenvalue weighted by atomic mass is 16.6. The Balaban J connectivity index is 1.44. The van der Waals surface area contributed by atoms with Crippen molar-refractivity contribution in [3.05, 3.63) is 129 Å². The van der Waals surface area contributed by atoms with Crippen LogP contribution in [0, 0.1) is 17.0 Å². The molecule has 2 heterocycles. The van der Waals surface area contributed by atoms with Crippen molar-refractivity contribution in [3.8, 4) is 5.75 Å². The first kappa shape index (κ1) is 27.3. The van der Waals surface area contributed by atoms with E-state index in [0.29, 0.717) is 36.4 Å². The van der Waals surface area contributed by atoms with Crippen molar-refractivity contribution in [2.45, 2.75) is 32.5 Å². The van der Waals surface area contributed by atoms with Crippen molar-refractivity contribution in [1.29, 1.82) is 0 Å². The van der Waals surface area contributed by atoms with Crippen LogP contribution >= 0.6 is 0 Å². The molecular formula is C31H28N4O6. The number of Topliss-reactive ketones (excluding diaryl/α,β-unsaturated/α-hetero) is 1. The van der Waals surface area contributed by atoms with E-state index in [1.165, 1.54) is 23.1 Å². The van der Waals surface area contributed by atoms with Crippen molar-refractivity contribution in [3.63, 3.8) is 0 Å². The molecule has 1 N–H and O–H groups in total. The van der Waals surface area contributed by atoms with Crippen LogP contribution in [-0.2, 0) is 22.7 Å². The Labute approximate surface area is 236 Å². The van der Waals surface area contributed by atoms with E-state index >= 15 is 0 Å². The third-order valence-electron chi connectivity index (χ3n) is 6.93. The van der Waals surface area contributed by atoms with Gasteiger partial charge in [0.2, 0.25) is 0 Å². The van der Waals surface area contributed by atoms with Crippen LogP contribution in [0.3, 0.4) is 0 Å². The molecule has 1 saturated heterocycles. The van der Waals surface area contributed by atoms with Gasteiger partial charge in [-0.3, -0.25) is 19.7 Å². The van der Waals surface area contributed by atoms with Crippen LogP contribution in [-0.4, -0.2) is 42.7 Å². The van der Waals surface area contributed by atoms with Gasteiger partial charge in [0.05, 0.1) is 22.9 Å². The maximum atomic E-state index is 13.3. The molecule has 5 rings (SSSR count). The minimum atomic E-state index is -0.991. The Morgan fingerprint density at radius 2 is 1.83 bits per heavy atom. The Bertz CT molecular complexity index is 1610. The first-order valence-corrected chi connectivity index (χ1v) is 13.1. The first-order valence-electron chi connectivity index (χ1n) is 13.1. The smallest absolute Gasteiger partial charge is 0.295 e. The number of likely N-dealkylation sites (tertiary alicyclic amines) is 1. The lowest BCUT2D eigenvalue weighted by Crippen LogP contribution is -2.31. The van der Waals surface area contributed by atoms with Gasteiger partial charge in [-0.2, -0.15) is 0 Å². The lowest BCUT2D eigenvalue weighted by molar-refractivity contribution is -0.384. The molecule has 3 aromatic carbocycles. The minimum Gasteiger partial charge on any atom is -0.507 e. The number of ether oxygens (including phenoxy) is 1. The third-order valence-corrected chi connectivity index (χ3v) is 6.93. The van der Waals surface area contributed by atoms with Gasteiger partial charge in [-0.25, -0.2) is 4.98 Å². The molecule has 4 aromatic rings. The molecular weight excluding hydrogens is 524 g/mol. The van der Waals surface area contributed by atoms with Crippen LogP contribution in [0.5, 0.6) is 5.75 Å². The van der Waals surface area contributed by atoms with E-state index in [0.717, 1.165) is 11.1 Å². The summed E-state index contributed by atoms with van der Waals surface area (Å²) in [5.74, 6) is -1.41. The van der Waals surface area contributed by atoms with E-state index in [2.05, 4.69) is 4.98 Å². The van der Waals surface area contributed by atoms with E-state index < -0.39 is 22.7 Å². The monoisotopic (exact) mass is 552 g/mol. The maximum absolute atomic E-state index is 13.3. The Kier molecular flexibility index (Phi) is 7.91. The lowest BCUT2D eigenvalue weighted by Gasteiger charge is -2.25. The summed E-state index contributed by atoms with van der Waals surface area (Å²) >= 11 is 0. The molecule has 10 heteroatoms. The largest absolute Gasteiger partial charge is 0.507 e. The van der Waals surface area contributed by atoms with E-state index in [1.54, 1.807) is 49.1 Å². The number of benzene rings is 3. The van der Waals surface area contributed by atoms with Crippen LogP contribution in [0.25, 0.3) is 5.76 Å². The van der Waals surface area contributed by atoms with Crippen molar-refractivity contribution in [2.75, 3.05) is 6.54 Å². The van der Waals surface area contributed by atoms with Gasteiger partial charge >= 0.3 is 0 Å². The molecule has 0 unspecified atom stereocenters. The zero-order chi connectivity index (χ0) is 28.9. The van der Waals surface area contributed by atoms with Crippen LogP contribution < -0.4 is 4.74 Å². The van der Waals surface area contributed by atoms with Gasteiger partial charge in [0.15, 0.2) is 0 Å². The van der Waals surface area contributed by atoms with Crippen molar-refractivity contribution in [1.82, 2.24) is 14.5 Å². The number of nitrogens with zero attached hydrogens (tertiary/aromatic N) is 4. The maximum Gasteiger partial charge on any atom is 0.295 e. The summed E-state index contributed by atoms with van der Waals surface area (Å²) in [4.78, 5) is 42.8. The molecule has 0 spiro atoms. The fourth-order valence-electron chi connectivity index (χ4n) is 4.94. The molecule has 0 saturated carbocycles. The minimum absolute atomic E-state index is 0.119. The number of aliphatic hydroxyl groups is 1. The van der Waals surface area contributed by atoms with Crippen LogP contribution in [0.15, 0.2) is 97.1 Å². The SMILES string of the molecule is Cc1cccc(COc2ccc(C(O)=C3C(=O)C(=O)N(CCCn4ccnc4)[C@H]3c3cccc([N+](=O)[O-])c3)cc2)c1. The number of amides is 1. The highest BCUT2D eigenvalue weighted by Gasteiger charge is 2.46. The van der Waals surface area contributed by atoms with Gasteiger partial charge in [0, 0.05) is 43.2 Å². The molecule has 10 nitrogen and oxygen atoms in total. The summed E-state index contributed by atoms with van der Waals surface area (Å²) in [7, 11) is 0. The van der Waals surface area contributed by atoms with E-state index in [4.69, 9.17) is 4.74 Å². The third kappa shape index (κ3) is 6.01. The molecule has 0 aliphatic carbocycles. The molecule has 1 aliphatic heterocycles. The van der Waals surface area contributed by atoms with Crippen molar-refractivity contribution >= 4 is 23.1 Å². The molecule has 1 amide bonds. The average molecular weight is 553 g/mol. The molecule has 208 valence electrons. The van der Waals surface area contributed by atoms with E-state index in [1.807, 2.05) is 35.8 Å². The van der Waals surface area contributed by atoms with Gasteiger partial charge in [-0.15, -0.1) is 0 Å². The number of ketones is 1. The predicted octanol–water partition coefficient (Wildman–Crippen LogP) is 5.19. The van der Waals surface area contributed by atoms with E-state index in [-0.39, 0.29) is 23.6 Å². The number of hydrogen-bond donors (Lipinski definition) is 1. The van der Waals surface area contributed by atoms with Gasteiger partial charge in [0.25, 0.3) is 17.4 Å². The second-order valence-electron chi connectivity index (χ2n) is 9.80. The summed E-state index contributed by atoms with van der Waals surface area (Å²) in [5.41, 5.74) is 2.53. The average Bonchev–Trinajstić information content (AvgIpc) is 3.58. The Hall–Kier alpha value is -5.25. The number of imidazole rings is 1. The van der Waals surface area contributed by atoms with Crippen molar-refractivity contribution < 1.29 is 24.4 Å².